The van der Waals surface area contributed by atoms with Crippen LogP contribution in [0.25, 0.3) is 0 Å². The van der Waals surface area contributed by atoms with Gasteiger partial charge in [0.25, 0.3) is 6.01 Å². The fourth-order valence-electron chi connectivity index (χ4n) is 1.93. The fraction of sp³-hybridized carbons (Fsp3) is 0.769. The summed E-state index contributed by atoms with van der Waals surface area (Å²) in [7, 11) is 0. The average molecular weight is 237 g/mol. The summed E-state index contributed by atoms with van der Waals surface area (Å²) in [6.45, 7) is 9.35. The van der Waals surface area contributed by atoms with E-state index in [0.29, 0.717) is 12.0 Å². The third kappa shape index (κ3) is 3.46. The molecule has 4 nitrogen and oxygen atoms in total. The van der Waals surface area contributed by atoms with Crippen LogP contribution < -0.4 is 10.2 Å². The minimum Gasteiger partial charge on any atom is -0.432 e. The van der Waals surface area contributed by atoms with Gasteiger partial charge in [-0.15, -0.1) is 0 Å². The van der Waals surface area contributed by atoms with Crippen LogP contribution in [0.5, 0.6) is 0 Å². The molecule has 1 N–H and O–H groups in total. The van der Waals surface area contributed by atoms with E-state index in [0.717, 1.165) is 31.3 Å². The van der Waals surface area contributed by atoms with Crippen molar-refractivity contribution in [1.29, 1.82) is 0 Å². The molecule has 0 unspecified atom stereocenters. The molecule has 1 heterocycles. The summed E-state index contributed by atoms with van der Waals surface area (Å²) in [5, 5.41) is 3.26. The first-order chi connectivity index (χ1) is 8.20. The van der Waals surface area contributed by atoms with E-state index in [1.807, 2.05) is 0 Å². The van der Waals surface area contributed by atoms with Crippen molar-refractivity contribution in [3.63, 3.8) is 0 Å². The molecule has 0 bridgehead atoms. The van der Waals surface area contributed by atoms with Crippen LogP contribution in [0.4, 0.5) is 6.01 Å². The number of anilines is 1. The molecule has 1 aliphatic rings. The lowest BCUT2D eigenvalue weighted by Crippen LogP contribution is -2.30. The van der Waals surface area contributed by atoms with E-state index in [4.69, 9.17) is 4.42 Å². The molecule has 2 rings (SSSR count). The minimum atomic E-state index is 0.639. The summed E-state index contributed by atoms with van der Waals surface area (Å²) in [4.78, 5) is 6.88. The Balaban J connectivity index is 1.99. The molecule has 0 spiro atoms. The van der Waals surface area contributed by atoms with Crippen LogP contribution in [0.15, 0.2) is 10.7 Å². The van der Waals surface area contributed by atoms with Crippen LogP contribution in [0.3, 0.4) is 0 Å². The Morgan fingerprint density at radius 1 is 1.53 bits per heavy atom. The molecule has 1 aromatic heterocycles. The van der Waals surface area contributed by atoms with Gasteiger partial charge in [0.15, 0.2) is 0 Å². The lowest BCUT2D eigenvalue weighted by Gasteiger charge is -2.22. The zero-order valence-electron chi connectivity index (χ0n) is 11.1. The summed E-state index contributed by atoms with van der Waals surface area (Å²) in [6.07, 6.45) is 4.32. The lowest BCUT2D eigenvalue weighted by atomic mass is 10.2. The van der Waals surface area contributed by atoms with Crippen molar-refractivity contribution in [1.82, 2.24) is 10.3 Å². The molecule has 17 heavy (non-hydrogen) atoms. The molecule has 4 heteroatoms. The molecular formula is C13H23N3O. The topological polar surface area (TPSA) is 41.3 Å². The zero-order valence-corrected chi connectivity index (χ0v) is 11.1. The first-order valence-electron chi connectivity index (χ1n) is 6.62. The summed E-state index contributed by atoms with van der Waals surface area (Å²) >= 11 is 0. The molecule has 0 aromatic carbocycles. The van der Waals surface area contributed by atoms with Gasteiger partial charge in [0.05, 0.1) is 5.69 Å². The number of nitrogens with zero attached hydrogens (tertiary/aromatic N) is 2. The Labute approximate surface area is 103 Å². The molecule has 1 aliphatic carbocycles. The van der Waals surface area contributed by atoms with Crippen LogP contribution >= 0.6 is 0 Å². The summed E-state index contributed by atoms with van der Waals surface area (Å²) in [5.41, 5.74) is 0.997. The molecule has 0 amide bonds. The molecule has 0 saturated heterocycles. The van der Waals surface area contributed by atoms with Crippen LogP contribution in [0.1, 0.15) is 39.3 Å². The quantitative estimate of drug-likeness (QED) is 0.790. The molecule has 1 aromatic rings. The molecule has 0 aliphatic heterocycles. The predicted molar refractivity (Wildman–Crippen MR) is 69.1 cm³/mol. The van der Waals surface area contributed by atoms with Gasteiger partial charge in [0, 0.05) is 19.1 Å². The minimum absolute atomic E-state index is 0.639. The third-order valence-electron chi connectivity index (χ3n) is 2.89. The monoisotopic (exact) mass is 237 g/mol. The standard InChI is InChI=1S/C13H23N3O/c1-4-14-7-11-9-17-13(15-11)16(8-10(2)3)12-5-6-12/h9-10,12,14H,4-8H2,1-3H3. The molecule has 1 fully saturated rings. The van der Waals surface area contributed by atoms with Gasteiger partial charge in [0.1, 0.15) is 6.26 Å². The van der Waals surface area contributed by atoms with Crippen LogP contribution in [-0.4, -0.2) is 24.1 Å². The largest absolute Gasteiger partial charge is 0.432 e. The molecule has 1 saturated carbocycles. The number of rotatable bonds is 7. The number of nitrogens with one attached hydrogen (secondary N) is 1. The van der Waals surface area contributed by atoms with Crippen molar-refractivity contribution >= 4 is 6.01 Å². The highest BCUT2D eigenvalue weighted by Crippen LogP contribution is 2.31. The average Bonchev–Trinajstić information content (AvgIpc) is 3.02. The first kappa shape index (κ1) is 12.4. The lowest BCUT2D eigenvalue weighted by molar-refractivity contribution is 0.503. The van der Waals surface area contributed by atoms with Gasteiger partial charge in [-0.2, -0.15) is 4.98 Å². The second-order valence-electron chi connectivity index (χ2n) is 5.18. The fourth-order valence-corrected chi connectivity index (χ4v) is 1.93. The van der Waals surface area contributed by atoms with E-state index < -0.39 is 0 Å². The summed E-state index contributed by atoms with van der Waals surface area (Å²) in [5.74, 6) is 0.639. The highest BCUT2D eigenvalue weighted by atomic mass is 16.4. The zero-order chi connectivity index (χ0) is 12.3. The molecule has 0 atom stereocenters. The smallest absolute Gasteiger partial charge is 0.297 e. The van der Waals surface area contributed by atoms with Gasteiger partial charge in [-0.05, 0) is 25.3 Å². The Kier molecular flexibility index (Phi) is 4.05. The van der Waals surface area contributed by atoms with Gasteiger partial charge in [-0.3, -0.25) is 0 Å². The summed E-state index contributed by atoms with van der Waals surface area (Å²) < 4.78 is 5.60. The Bertz CT molecular complexity index is 344. The van der Waals surface area contributed by atoms with Gasteiger partial charge in [-0.1, -0.05) is 20.8 Å². The maximum Gasteiger partial charge on any atom is 0.297 e. The molecular weight excluding hydrogens is 214 g/mol. The van der Waals surface area contributed by atoms with Crippen molar-refractivity contribution in [3.05, 3.63) is 12.0 Å². The van der Waals surface area contributed by atoms with Gasteiger partial charge >= 0.3 is 0 Å². The van der Waals surface area contributed by atoms with Crippen molar-refractivity contribution in [2.75, 3.05) is 18.0 Å². The maximum absolute atomic E-state index is 5.60. The van der Waals surface area contributed by atoms with E-state index in [-0.39, 0.29) is 0 Å². The number of hydrogen-bond acceptors (Lipinski definition) is 4. The molecule has 96 valence electrons. The normalized spacial score (nSPS) is 15.5. The van der Waals surface area contributed by atoms with Crippen molar-refractivity contribution < 1.29 is 4.42 Å². The Morgan fingerprint density at radius 2 is 2.29 bits per heavy atom. The first-order valence-corrected chi connectivity index (χ1v) is 6.62. The van der Waals surface area contributed by atoms with Crippen LogP contribution in [-0.2, 0) is 6.54 Å². The van der Waals surface area contributed by atoms with E-state index in [2.05, 4.69) is 36.0 Å². The number of hydrogen-bond donors (Lipinski definition) is 1. The second kappa shape index (κ2) is 5.54. The maximum atomic E-state index is 5.60. The van der Waals surface area contributed by atoms with E-state index in [9.17, 15) is 0 Å². The Morgan fingerprint density at radius 3 is 2.88 bits per heavy atom. The summed E-state index contributed by atoms with van der Waals surface area (Å²) in [6, 6.07) is 1.46. The highest BCUT2D eigenvalue weighted by molar-refractivity contribution is 5.31. The van der Waals surface area contributed by atoms with Gasteiger partial charge < -0.3 is 14.6 Å². The van der Waals surface area contributed by atoms with Crippen molar-refractivity contribution in [3.8, 4) is 0 Å². The van der Waals surface area contributed by atoms with Crippen LogP contribution in [0, 0.1) is 5.92 Å². The number of aromatic nitrogens is 1. The second-order valence-corrected chi connectivity index (χ2v) is 5.18. The highest BCUT2D eigenvalue weighted by Gasteiger charge is 2.32. The van der Waals surface area contributed by atoms with E-state index in [1.165, 1.54) is 12.8 Å². The number of oxazole rings is 1. The van der Waals surface area contributed by atoms with E-state index >= 15 is 0 Å². The Hall–Kier alpha value is -1.03. The van der Waals surface area contributed by atoms with Crippen molar-refractivity contribution in [2.24, 2.45) is 5.92 Å². The van der Waals surface area contributed by atoms with Crippen molar-refractivity contribution in [2.45, 2.75) is 46.2 Å². The van der Waals surface area contributed by atoms with E-state index in [1.54, 1.807) is 6.26 Å². The third-order valence-corrected chi connectivity index (χ3v) is 2.89. The SMILES string of the molecule is CCNCc1coc(N(CC(C)C)C2CC2)n1. The molecule has 0 radical (unpaired) electrons. The van der Waals surface area contributed by atoms with Gasteiger partial charge in [-0.25, -0.2) is 0 Å². The van der Waals surface area contributed by atoms with Gasteiger partial charge in [0.2, 0.25) is 0 Å². The van der Waals surface area contributed by atoms with Crippen LogP contribution in [0.2, 0.25) is 0 Å². The predicted octanol–water partition coefficient (Wildman–Crippen LogP) is 2.41.